The summed E-state index contributed by atoms with van der Waals surface area (Å²) in [6, 6.07) is 5.03. The normalized spacial score (nSPS) is 16.9. The molecule has 24 heavy (non-hydrogen) atoms. The van der Waals surface area contributed by atoms with Gasteiger partial charge in [0.05, 0.1) is 18.3 Å². The Labute approximate surface area is 141 Å². The maximum Gasteiger partial charge on any atom is 0.251 e. The van der Waals surface area contributed by atoms with Crippen LogP contribution in [0.25, 0.3) is 0 Å². The predicted molar refractivity (Wildman–Crippen MR) is 91.5 cm³/mol. The monoisotopic (exact) mass is 348 g/mol. The number of nitrogens with one attached hydrogen (secondary N) is 1. The van der Waals surface area contributed by atoms with Gasteiger partial charge < -0.3 is 9.88 Å². The van der Waals surface area contributed by atoms with Crippen LogP contribution in [0.1, 0.15) is 22.8 Å². The second kappa shape index (κ2) is 6.27. The van der Waals surface area contributed by atoms with E-state index < -0.39 is 10.0 Å². The fourth-order valence-corrected chi connectivity index (χ4v) is 4.33. The number of fused-ring (bicyclic) bond motifs is 1. The number of imidazole rings is 1. The summed E-state index contributed by atoms with van der Waals surface area (Å²) in [6.07, 6.45) is 7.04. The quantitative estimate of drug-likeness (QED) is 0.874. The second-order valence-electron chi connectivity index (χ2n) is 6.01. The number of carbonyl (C=O) groups excluding carboxylic acids is 1. The Morgan fingerprint density at radius 2 is 2.21 bits per heavy atom. The van der Waals surface area contributed by atoms with Gasteiger partial charge in [0.15, 0.2) is 0 Å². The van der Waals surface area contributed by atoms with Crippen LogP contribution < -0.4 is 9.62 Å². The lowest BCUT2D eigenvalue weighted by atomic mass is 10.1. The first-order chi connectivity index (χ1) is 11.4. The van der Waals surface area contributed by atoms with Crippen molar-refractivity contribution >= 4 is 21.6 Å². The van der Waals surface area contributed by atoms with E-state index in [0.29, 0.717) is 30.8 Å². The number of amides is 1. The fraction of sp³-hybridized carbons (Fsp3) is 0.375. The van der Waals surface area contributed by atoms with Crippen LogP contribution in [0.2, 0.25) is 0 Å². The van der Waals surface area contributed by atoms with Gasteiger partial charge in [-0.15, -0.1) is 0 Å². The van der Waals surface area contributed by atoms with Crippen molar-refractivity contribution in [2.45, 2.75) is 25.9 Å². The summed E-state index contributed by atoms with van der Waals surface area (Å²) in [5.74, 6) is -0.164. The highest BCUT2D eigenvalue weighted by atomic mass is 32.2. The minimum Gasteiger partial charge on any atom is -0.350 e. The summed E-state index contributed by atoms with van der Waals surface area (Å²) in [5.41, 5.74) is 2.09. The first-order valence-corrected chi connectivity index (χ1v) is 9.57. The molecule has 0 aliphatic carbocycles. The number of aromatic nitrogens is 2. The zero-order valence-corrected chi connectivity index (χ0v) is 14.5. The van der Waals surface area contributed by atoms with Crippen molar-refractivity contribution in [2.75, 3.05) is 17.1 Å². The number of hydrogen-bond acceptors (Lipinski definition) is 4. The molecule has 0 spiro atoms. The number of rotatable bonds is 5. The molecule has 8 heteroatoms. The fourth-order valence-electron chi connectivity index (χ4n) is 3.07. The second-order valence-corrected chi connectivity index (χ2v) is 7.87. The van der Waals surface area contributed by atoms with E-state index in [0.717, 1.165) is 5.56 Å². The van der Waals surface area contributed by atoms with E-state index in [-0.39, 0.29) is 11.9 Å². The zero-order chi connectivity index (χ0) is 17.3. The van der Waals surface area contributed by atoms with Crippen molar-refractivity contribution in [3.05, 3.63) is 48.0 Å². The molecular weight excluding hydrogens is 328 g/mol. The number of carbonyl (C=O) groups is 1. The Balaban J connectivity index is 1.70. The molecule has 1 unspecified atom stereocenters. The molecule has 1 aliphatic heterocycles. The van der Waals surface area contributed by atoms with Gasteiger partial charge in [-0.3, -0.25) is 9.10 Å². The summed E-state index contributed by atoms with van der Waals surface area (Å²) in [4.78, 5) is 16.2. The van der Waals surface area contributed by atoms with Gasteiger partial charge in [-0.25, -0.2) is 13.4 Å². The van der Waals surface area contributed by atoms with Crippen molar-refractivity contribution in [3.8, 4) is 0 Å². The van der Waals surface area contributed by atoms with Gasteiger partial charge >= 0.3 is 0 Å². The van der Waals surface area contributed by atoms with E-state index in [1.165, 1.54) is 10.6 Å². The molecule has 0 radical (unpaired) electrons. The summed E-state index contributed by atoms with van der Waals surface area (Å²) >= 11 is 0. The predicted octanol–water partition coefficient (Wildman–Crippen LogP) is 1.02. The molecule has 2 heterocycles. The molecule has 1 atom stereocenters. The average Bonchev–Trinajstić information content (AvgIpc) is 3.11. The maximum atomic E-state index is 12.3. The standard InChI is InChI=1S/C16H20N4O3S/c1-12-9-14-10-13(3-4-15(14)20(12)24(2,22)23)16(21)18-6-8-19-7-5-17-11-19/h3-5,7,10-12H,6,8-9H2,1-2H3,(H,18,21). The molecule has 1 amide bonds. The van der Waals surface area contributed by atoms with E-state index in [9.17, 15) is 13.2 Å². The highest BCUT2D eigenvalue weighted by molar-refractivity contribution is 7.92. The number of hydrogen-bond donors (Lipinski definition) is 1. The summed E-state index contributed by atoms with van der Waals surface area (Å²) in [6.45, 7) is 3.01. The highest BCUT2D eigenvalue weighted by Crippen LogP contribution is 2.34. The summed E-state index contributed by atoms with van der Waals surface area (Å²) < 4.78 is 27.1. The number of benzene rings is 1. The molecule has 0 bridgehead atoms. The third kappa shape index (κ3) is 3.28. The van der Waals surface area contributed by atoms with Crippen LogP contribution in [-0.2, 0) is 23.0 Å². The van der Waals surface area contributed by atoms with Gasteiger partial charge in [0, 0.05) is 37.1 Å². The Hall–Kier alpha value is -2.35. The van der Waals surface area contributed by atoms with E-state index in [2.05, 4.69) is 10.3 Å². The molecule has 7 nitrogen and oxygen atoms in total. The van der Waals surface area contributed by atoms with E-state index in [1.54, 1.807) is 30.7 Å². The topological polar surface area (TPSA) is 84.3 Å². The van der Waals surface area contributed by atoms with Crippen molar-refractivity contribution < 1.29 is 13.2 Å². The minimum absolute atomic E-state index is 0.130. The molecule has 2 aromatic rings. The molecule has 0 saturated heterocycles. The molecule has 1 aliphatic rings. The van der Waals surface area contributed by atoms with Gasteiger partial charge in [0.25, 0.3) is 5.91 Å². The van der Waals surface area contributed by atoms with Crippen molar-refractivity contribution in [1.29, 1.82) is 0 Å². The lowest BCUT2D eigenvalue weighted by Gasteiger charge is -2.21. The average molecular weight is 348 g/mol. The lowest BCUT2D eigenvalue weighted by molar-refractivity contribution is 0.0952. The third-order valence-corrected chi connectivity index (χ3v) is 5.34. The molecule has 1 N–H and O–H groups in total. The highest BCUT2D eigenvalue weighted by Gasteiger charge is 2.32. The van der Waals surface area contributed by atoms with E-state index >= 15 is 0 Å². The Morgan fingerprint density at radius 3 is 2.88 bits per heavy atom. The van der Waals surface area contributed by atoms with Crippen LogP contribution in [0.5, 0.6) is 0 Å². The Morgan fingerprint density at radius 1 is 1.42 bits per heavy atom. The Kier molecular flexibility index (Phi) is 4.31. The number of anilines is 1. The molecule has 0 saturated carbocycles. The van der Waals surface area contributed by atoms with E-state index in [1.807, 2.05) is 17.7 Å². The summed E-state index contributed by atoms with van der Waals surface area (Å²) in [5, 5.41) is 2.86. The molecular formula is C16H20N4O3S. The van der Waals surface area contributed by atoms with Crippen molar-refractivity contribution in [3.63, 3.8) is 0 Å². The van der Waals surface area contributed by atoms with E-state index in [4.69, 9.17) is 0 Å². The van der Waals surface area contributed by atoms with Gasteiger partial charge in [-0.05, 0) is 37.1 Å². The molecule has 3 rings (SSSR count). The first kappa shape index (κ1) is 16.5. The SMILES string of the molecule is CC1Cc2cc(C(=O)NCCn3ccnc3)ccc2N1S(C)(=O)=O. The van der Waals surface area contributed by atoms with Crippen molar-refractivity contribution in [1.82, 2.24) is 14.9 Å². The van der Waals surface area contributed by atoms with Crippen molar-refractivity contribution in [2.24, 2.45) is 0 Å². The Bertz CT molecular complexity index is 846. The van der Waals surface area contributed by atoms with Crippen LogP contribution >= 0.6 is 0 Å². The van der Waals surface area contributed by atoms with Gasteiger partial charge in [-0.1, -0.05) is 0 Å². The molecule has 0 fully saturated rings. The number of sulfonamides is 1. The first-order valence-electron chi connectivity index (χ1n) is 7.72. The lowest BCUT2D eigenvalue weighted by Crippen LogP contribution is -2.34. The largest absolute Gasteiger partial charge is 0.350 e. The molecule has 128 valence electrons. The smallest absolute Gasteiger partial charge is 0.251 e. The van der Waals surface area contributed by atoms with Gasteiger partial charge in [0.1, 0.15) is 0 Å². The zero-order valence-electron chi connectivity index (χ0n) is 13.6. The van der Waals surface area contributed by atoms with Crippen LogP contribution in [0.15, 0.2) is 36.9 Å². The maximum absolute atomic E-state index is 12.3. The molecule has 1 aromatic heterocycles. The van der Waals surface area contributed by atoms with Crippen LogP contribution in [0, 0.1) is 0 Å². The number of nitrogens with zero attached hydrogens (tertiary/aromatic N) is 3. The van der Waals surface area contributed by atoms with Crippen LogP contribution in [0.4, 0.5) is 5.69 Å². The van der Waals surface area contributed by atoms with Crippen LogP contribution in [-0.4, -0.2) is 42.7 Å². The molecule has 1 aromatic carbocycles. The van der Waals surface area contributed by atoms with Gasteiger partial charge in [0.2, 0.25) is 10.0 Å². The summed E-state index contributed by atoms with van der Waals surface area (Å²) in [7, 11) is -3.31. The third-order valence-electron chi connectivity index (χ3n) is 4.07. The minimum atomic E-state index is -3.31. The van der Waals surface area contributed by atoms with Crippen LogP contribution in [0.3, 0.4) is 0 Å². The van der Waals surface area contributed by atoms with Gasteiger partial charge in [-0.2, -0.15) is 0 Å².